The Morgan fingerprint density at radius 2 is 2.00 bits per heavy atom. The second-order valence-corrected chi connectivity index (χ2v) is 7.56. The van der Waals surface area contributed by atoms with Gasteiger partial charge in [0.05, 0.1) is 22.2 Å². The Morgan fingerprint density at radius 3 is 2.77 bits per heavy atom. The summed E-state index contributed by atoms with van der Waals surface area (Å²) in [5.41, 5.74) is 4.09. The minimum absolute atomic E-state index is 0.00688. The molecular weight excluding hydrogens is 406 g/mol. The van der Waals surface area contributed by atoms with Crippen molar-refractivity contribution >= 4 is 34.1 Å². The number of nitrogens with zero attached hydrogens (tertiary/aromatic N) is 2. The highest BCUT2D eigenvalue weighted by atomic mass is 32.1. The SMILES string of the molecule is Cc1ccc(C)c(-c2csc(NC(=O)/C=C/c3cc4c(cc3[N+](=O)[O-])OCO4)n2)c1. The molecule has 1 amide bonds. The summed E-state index contributed by atoms with van der Waals surface area (Å²) in [5, 5.41) is 16.3. The molecule has 1 aromatic heterocycles. The number of nitro groups is 1. The van der Waals surface area contributed by atoms with Gasteiger partial charge in [0.2, 0.25) is 12.7 Å². The van der Waals surface area contributed by atoms with Gasteiger partial charge in [0.25, 0.3) is 5.69 Å². The quantitative estimate of drug-likeness (QED) is 0.362. The summed E-state index contributed by atoms with van der Waals surface area (Å²) in [6.07, 6.45) is 2.60. The first kappa shape index (κ1) is 19.6. The maximum absolute atomic E-state index is 12.3. The van der Waals surface area contributed by atoms with Crippen LogP contribution in [0.3, 0.4) is 0 Å². The van der Waals surface area contributed by atoms with Crippen LogP contribution in [0.5, 0.6) is 11.5 Å². The minimum atomic E-state index is -0.531. The molecular formula is C21H17N3O5S. The second-order valence-electron chi connectivity index (χ2n) is 6.70. The van der Waals surface area contributed by atoms with Crippen LogP contribution in [0.25, 0.3) is 17.3 Å². The van der Waals surface area contributed by atoms with E-state index in [-0.39, 0.29) is 18.0 Å². The predicted octanol–water partition coefficient (Wildman–Crippen LogP) is 4.72. The Labute approximate surface area is 175 Å². The summed E-state index contributed by atoms with van der Waals surface area (Å²) in [7, 11) is 0. The maximum atomic E-state index is 12.3. The fraction of sp³-hybridized carbons (Fsp3) is 0.143. The number of nitro benzene ring substituents is 1. The van der Waals surface area contributed by atoms with Gasteiger partial charge in [0.1, 0.15) is 0 Å². The average Bonchev–Trinajstić information content (AvgIpc) is 3.36. The summed E-state index contributed by atoms with van der Waals surface area (Å²) < 4.78 is 10.4. The lowest BCUT2D eigenvalue weighted by atomic mass is 10.0. The number of hydrogen-bond donors (Lipinski definition) is 1. The molecule has 30 heavy (non-hydrogen) atoms. The third-order valence-electron chi connectivity index (χ3n) is 4.54. The average molecular weight is 423 g/mol. The third kappa shape index (κ3) is 4.01. The van der Waals surface area contributed by atoms with Crippen LogP contribution in [0.1, 0.15) is 16.7 Å². The van der Waals surface area contributed by atoms with Crippen molar-refractivity contribution in [3.05, 3.63) is 68.6 Å². The number of hydrogen-bond acceptors (Lipinski definition) is 7. The number of aromatic nitrogens is 1. The Kier molecular flexibility index (Phi) is 5.20. The van der Waals surface area contributed by atoms with Gasteiger partial charge in [-0.25, -0.2) is 4.98 Å². The Hall–Kier alpha value is -3.72. The number of thiazole rings is 1. The molecule has 0 unspecified atom stereocenters. The van der Waals surface area contributed by atoms with Crippen LogP contribution in [0.15, 0.2) is 41.8 Å². The molecule has 0 radical (unpaired) electrons. The lowest BCUT2D eigenvalue weighted by molar-refractivity contribution is -0.385. The number of carbonyl (C=O) groups excluding carboxylic acids is 1. The Balaban J connectivity index is 1.51. The molecule has 0 spiro atoms. The number of fused-ring (bicyclic) bond motifs is 1. The van der Waals surface area contributed by atoms with Crippen LogP contribution in [-0.4, -0.2) is 22.6 Å². The normalized spacial score (nSPS) is 12.3. The van der Waals surface area contributed by atoms with Crippen molar-refractivity contribution in [3.8, 4) is 22.8 Å². The van der Waals surface area contributed by atoms with Crippen molar-refractivity contribution in [2.45, 2.75) is 13.8 Å². The largest absolute Gasteiger partial charge is 0.454 e. The zero-order valence-electron chi connectivity index (χ0n) is 16.2. The minimum Gasteiger partial charge on any atom is -0.454 e. The summed E-state index contributed by atoms with van der Waals surface area (Å²) in [4.78, 5) is 27.6. The van der Waals surface area contributed by atoms with Crippen LogP contribution in [0.2, 0.25) is 0 Å². The number of nitrogens with one attached hydrogen (secondary N) is 1. The molecule has 0 saturated carbocycles. The molecule has 0 saturated heterocycles. The van der Waals surface area contributed by atoms with Crippen LogP contribution in [0.4, 0.5) is 10.8 Å². The maximum Gasteiger partial charge on any atom is 0.280 e. The number of amides is 1. The van der Waals surface area contributed by atoms with E-state index in [0.29, 0.717) is 16.6 Å². The molecule has 0 aliphatic carbocycles. The fourth-order valence-electron chi connectivity index (χ4n) is 3.02. The highest BCUT2D eigenvalue weighted by Gasteiger charge is 2.22. The van der Waals surface area contributed by atoms with Crippen LogP contribution in [-0.2, 0) is 4.79 Å². The molecule has 2 aromatic carbocycles. The molecule has 1 N–H and O–H groups in total. The van der Waals surface area contributed by atoms with E-state index >= 15 is 0 Å². The molecule has 2 heterocycles. The van der Waals surface area contributed by atoms with E-state index in [1.165, 1.54) is 35.6 Å². The standard InChI is InChI=1S/C21H17N3O5S/c1-12-3-4-13(2)15(7-12)16-10-30-21(22-16)23-20(25)6-5-14-8-18-19(29-11-28-18)9-17(14)24(26)27/h3-10H,11H2,1-2H3,(H,22,23,25)/b6-5+. The molecule has 0 atom stereocenters. The summed E-state index contributed by atoms with van der Waals surface area (Å²) >= 11 is 1.31. The number of carbonyl (C=O) groups is 1. The molecule has 0 bridgehead atoms. The Morgan fingerprint density at radius 1 is 1.23 bits per heavy atom. The third-order valence-corrected chi connectivity index (χ3v) is 5.29. The molecule has 8 nitrogen and oxygen atoms in total. The first-order chi connectivity index (χ1) is 14.4. The number of anilines is 1. The van der Waals surface area contributed by atoms with Gasteiger partial charge in [0, 0.05) is 17.0 Å². The van der Waals surface area contributed by atoms with E-state index in [0.717, 1.165) is 22.4 Å². The van der Waals surface area contributed by atoms with Crippen molar-refractivity contribution in [1.29, 1.82) is 0 Å². The van der Waals surface area contributed by atoms with Crippen molar-refractivity contribution in [1.82, 2.24) is 4.98 Å². The van der Waals surface area contributed by atoms with Gasteiger partial charge in [-0.15, -0.1) is 11.3 Å². The van der Waals surface area contributed by atoms with Gasteiger partial charge >= 0.3 is 0 Å². The second kappa shape index (κ2) is 7.96. The van der Waals surface area contributed by atoms with Gasteiger partial charge in [-0.05, 0) is 37.6 Å². The lowest BCUT2D eigenvalue weighted by Crippen LogP contribution is -2.07. The van der Waals surface area contributed by atoms with Gasteiger partial charge in [-0.3, -0.25) is 20.2 Å². The lowest BCUT2D eigenvalue weighted by Gasteiger charge is -2.03. The van der Waals surface area contributed by atoms with Crippen molar-refractivity contribution in [2.75, 3.05) is 12.1 Å². The van der Waals surface area contributed by atoms with E-state index in [9.17, 15) is 14.9 Å². The van der Waals surface area contributed by atoms with Crippen LogP contribution >= 0.6 is 11.3 Å². The van der Waals surface area contributed by atoms with E-state index in [1.807, 2.05) is 31.4 Å². The smallest absolute Gasteiger partial charge is 0.280 e. The Bertz CT molecular complexity index is 1190. The van der Waals surface area contributed by atoms with E-state index in [2.05, 4.69) is 16.4 Å². The first-order valence-corrected chi connectivity index (χ1v) is 9.89. The summed E-state index contributed by atoms with van der Waals surface area (Å²) in [6, 6.07) is 8.88. The molecule has 1 aliphatic heterocycles. The van der Waals surface area contributed by atoms with Gasteiger partial charge in [0.15, 0.2) is 16.6 Å². The monoisotopic (exact) mass is 423 g/mol. The predicted molar refractivity (Wildman–Crippen MR) is 114 cm³/mol. The highest BCUT2D eigenvalue weighted by molar-refractivity contribution is 7.14. The van der Waals surface area contributed by atoms with Crippen molar-refractivity contribution in [2.24, 2.45) is 0 Å². The number of aryl methyl sites for hydroxylation is 2. The summed E-state index contributed by atoms with van der Waals surface area (Å²) in [6.45, 7) is 4.03. The molecule has 3 aromatic rings. The molecule has 4 rings (SSSR count). The van der Waals surface area contributed by atoms with Crippen LogP contribution in [0, 0.1) is 24.0 Å². The first-order valence-electron chi connectivity index (χ1n) is 9.01. The number of rotatable bonds is 5. The molecule has 1 aliphatic rings. The van der Waals surface area contributed by atoms with Crippen LogP contribution < -0.4 is 14.8 Å². The summed E-state index contributed by atoms with van der Waals surface area (Å²) in [5.74, 6) is 0.271. The van der Waals surface area contributed by atoms with Gasteiger partial charge in [-0.2, -0.15) is 0 Å². The van der Waals surface area contributed by atoms with E-state index < -0.39 is 10.8 Å². The molecule has 152 valence electrons. The fourth-order valence-corrected chi connectivity index (χ4v) is 3.73. The van der Waals surface area contributed by atoms with E-state index in [4.69, 9.17) is 9.47 Å². The number of ether oxygens (including phenoxy) is 2. The van der Waals surface area contributed by atoms with Crippen molar-refractivity contribution < 1.29 is 19.2 Å². The zero-order valence-corrected chi connectivity index (χ0v) is 17.0. The number of benzene rings is 2. The van der Waals surface area contributed by atoms with Gasteiger partial charge < -0.3 is 9.47 Å². The highest BCUT2D eigenvalue weighted by Crippen LogP contribution is 2.38. The molecule has 0 fully saturated rings. The van der Waals surface area contributed by atoms with Gasteiger partial charge in [-0.1, -0.05) is 17.7 Å². The zero-order chi connectivity index (χ0) is 21.3. The van der Waals surface area contributed by atoms with Crippen molar-refractivity contribution in [3.63, 3.8) is 0 Å². The molecule has 9 heteroatoms. The topological polar surface area (TPSA) is 104 Å². The van der Waals surface area contributed by atoms with E-state index in [1.54, 1.807) is 0 Å².